The third-order valence-electron chi connectivity index (χ3n) is 2.38. The summed E-state index contributed by atoms with van der Waals surface area (Å²) in [4.78, 5) is 15.7. The van der Waals surface area contributed by atoms with Crippen molar-refractivity contribution >= 4 is 44.8 Å². The van der Waals surface area contributed by atoms with Crippen molar-refractivity contribution in [3.8, 4) is 0 Å². The van der Waals surface area contributed by atoms with Gasteiger partial charge in [-0.3, -0.25) is 9.36 Å². The fourth-order valence-corrected chi connectivity index (χ4v) is 2.29. The molecule has 0 aliphatic heterocycles. The van der Waals surface area contributed by atoms with Crippen LogP contribution in [0.15, 0.2) is 33.8 Å². The molecule has 0 atom stereocenters. The number of aromatic nitrogens is 2. The van der Waals surface area contributed by atoms with Gasteiger partial charge in [0, 0.05) is 9.50 Å². The highest BCUT2D eigenvalue weighted by atomic mass is 79.9. The van der Waals surface area contributed by atoms with Gasteiger partial charge < -0.3 is 5.73 Å². The lowest BCUT2D eigenvalue weighted by molar-refractivity contribution is 0.739. The van der Waals surface area contributed by atoms with Gasteiger partial charge in [-0.15, -0.1) is 0 Å². The van der Waals surface area contributed by atoms with Crippen LogP contribution in [-0.2, 0) is 6.54 Å². The first-order valence-corrected chi connectivity index (χ1v) is 6.48. The first-order chi connectivity index (χ1) is 8.49. The molecule has 0 spiro atoms. The number of hydrogen-bond donors (Lipinski definition) is 1. The molecule has 4 nitrogen and oxygen atoms in total. The Labute approximate surface area is 121 Å². The molecule has 0 aliphatic carbocycles. The standard InChI is InChI=1S/C11H8BrCl2N3O/c12-7-2-1-6(8(13)3-7)4-17-5-16-10(14)9(15)11(17)18/h1-3,5H,4,15H2. The average molecular weight is 349 g/mol. The molecule has 0 saturated heterocycles. The van der Waals surface area contributed by atoms with Crippen LogP contribution in [-0.4, -0.2) is 9.55 Å². The minimum absolute atomic E-state index is 0.0122. The number of nitrogen functional groups attached to an aromatic ring is 1. The summed E-state index contributed by atoms with van der Waals surface area (Å²) in [5, 5.41) is 0.572. The van der Waals surface area contributed by atoms with E-state index in [-0.39, 0.29) is 16.4 Å². The van der Waals surface area contributed by atoms with Crippen LogP contribution in [0.4, 0.5) is 5.69 Å². The summed E-state index contributed by atoms with van der Waals surface area (Å²) in [5.74, 6) is 0. The first-order valence-electron chi connectivity index (χ1n) is 4.93. The highest BCUT2D eigenvalue weighted by Gasteiger charge is 2.08. The number of anilines is 1. The summed E-state index contributed by atoms with van der Waals surface area (Å²) >= 11 is 15.1. The second-order valence-corrected chi connectivity index (χ2v) is 5.30. The minimum Gasteiger partial charge on any atom is -0.392 e. The van der Waals surface area contributed by atoms with E-state index in [0.29, 0.717) is 11.6 Å². The molecule has 18 heavy (non-hydrogen) atoms. The Morgan fingerprint density at radius 1 is 1.39 bits per heavy atom. The summed E-state index contributed by atoms with van der Waals surface area (Å²) in [6.07, 6.45) is 1.35. The van der Waals surface area contributed by atoms with Gasteiger partial charge in [-0.25, -0.2) is 4.98 Å². The van der Waals surface area contributed by atoms with Crippen molar-refractivity contribution < 1.29 is 0 Å². The Kier molecular flexibility index (Phi) is 3.94. The van der Waals surface area contributed by atoms with Crippen LogP contribution in [0.25, 0.3) is 0 Å². The fourth-order valence-electron chi connectivity index (χ4n) is 1.43. The van der Waals surface area contributed by atoms with Crippen molar-refractivity contribution in [2.45, 2.75) is 6.54 Å². The molecule has 2 N–H and O–H groups in total. The molecule has 1 aromatic carbocycles. The zero-order chi connectivity index (χ0) is 13.3. The van der Waals surface area contributed by atoms with Crippen molar-refractivity contribution in [1.29, 1.82) is 0 Å². The molecule has 94 valence electrons. The van der Waals surface area contributed by atoms with E-state index in [1.165, 1.54) is 10.9 Å². The quantitative estimate of drug-likeness (QED) is 0.849. The van der Waals surface area contributed by atoms with Gasteiger partial charge in [-0.1, -0.05) is 45.2 Å². The van der Waals surface area contributed by atoms with Gasteiger partial charge in [0.2, 0.25) is 0 Å². The lowest BCUT2D eigenvalue weighted by Crippen LogP contribution is -2.24. The maximum absolute atomic E-state index is 11.8. The molecular weight excluding hydrogens is 341 g/mol. The maximum atomic E-state index is 11.8. The fraction of sp³-hybridized carbons (Fsp3) is 0.0909. The highest BCUT2D eigenvalue weighted by Crippen LogP contribution is 2.22. The minimum atomic E-state index is -0.381. The zero-order valence-electron chi connectivity index (χ0n) is 9.03. The number of nitrogens with two attached hydrogens (primary N) is 1. The Balaban J connectivity index is 2.41. The van der Waals surface area contributed by atoms with Gasteiger partial charge in [-0.05, 0) is 17.7 Å². The Bertz CT molecular complexity index is 657. The summed E-state index contributed by atoms with van der Waals surface area (Å²) in [6.45, 7) is 0.291. The normalized spacial score (nSPS) is 10.6. The van der Waals surface area contributed by atoms with E-state index in [2.05, 4.69) is 20.9 Å². The van der Waals surface area contributed by atoms with Crippen LogP contribution in [0.5, 0.6) is 0 Å². The average Bonchev–Trinajstić information content (AvgIpc) is 2.33. The van der Waals surface area contributed by atoms with Gasteiger partial charge in [0.1, 0.15) is 5.69 Å². The smallest absolute Gasteiger partial charge is 0.278 e. The molecule has 0 radical (unpaired) electrons. The molecular formula is C11H8BrCl2N3O. The summed E-state index contributed by atoms with van der Waals surface area (Å²) in [6, 6.07) is 5.43. The largest absolute Gasteiger partial charge is 0.392 e. The van der Waals surface area contributed by atoms with Crippen LogP contribution in [0.1, 0.15) is 5.56 Å². The lowest BCUT2D eigenvalue weighted by Gasteiger charge is -2.08. The van der Waals surface area contributed by atoms with Crippen molar-refractivity contribution in [3.63, 3.8) is 0 Å². The SMILES string of the molecule is Nc1c(Cl)ncn(Cc2ccc(Br)cc2Cl)c1=O. The highest BCUT2D eigenvalue weighted by molar-refractivity contribution is 9.10. The number of hydrogen-bond acceptors (Lipinski definition) is 3. The van der Waals surface area contributed by atoms with E-state index >= 15 is 0 Å². The number of benzene rings is 1. The third kappa shape index (κ3) is 2.68. The van der Waals surface area contributed by atoms with E-state index in [0.717, 1.165) is 10.0 Å². The first kappa shape index (κ1) is 13.4. The van der Waals surface area contributed by atoms with Gasteiger partial charge in [0.25, 0.3) is 5.56 Å². The Hall–Kier alpha value is -1.04. The van der Waals surface area contributed by atoms with Crippen molar-refractivity contribution in [2.24, 2.45) is 0 Å². The molecule has 0 saturated carbocycles. The van der Waals surface area contributed by atoms with Gasteiger partial charge in [-0.2, -0.15) is 0 Å². The summed E-state index contributed by atoms with van der Waals surface area (Å²) in [7, 11) is 0. The molecule has 1 heterocycles. The maximum Gasteiger partial charge on any atom is 0.278 e. The second-order valence-electron chi connectivity index (χ2n) is 3.62. The van der Waals surface area contributed by atoms with E-state index in [9.17, 15) is 4.79 Å². The zero-order valence-corrected chi connectivity index (χ0v) is 12.1. The Morgan fingerprint density at radius 3 is 2.78 bits per heavy atom. The molecule has 1 aromatic heterocycles. The number of rotatable bonds is 2. The predicted octanol–water partition coefficient (Wildman–Crippen LogP) is 2.94. The van der Waals surface area contributed by atoms with E-state index in [1.807, 2.05) is 12.1 Å². The Morgan fingerprint density at radius 2 is 2.11 bits per heavy atom. The molecule has 7 heteroatoms. The monoisotopic (exact) mass is 347 g/mol. The molecule has 0 unspecified atom stereocenters. The van der Waals surface area contributed by atoms with E-state index in [1.54, 1.807) is 6.07 Å². The topological polar surface area (TPSA) is 60.9 Å². The van der Waals surface area contributed by atoms with Crippen LogP contribution >= 0.6 is 39.1 Å². The molecule has 0 fully saturated rings. The number of nitrogens with zero attached hydrogens (tertiary/aromatic N) is 2. The van der Waals surface area contributed by atoms with Crippen molar-refractivity contribution in [3.05, 3.63) is 55.1 Å². The van der Waals surface area contributed by atoms with Gasteiger partial charge in [0.05, 0.1) is 12.9 Å². The lowest BCUT2D eigenvalue weighted by atomic mass is 10.2. The summed E-state index contributed by atoms with van der Waals surface area (Å²) < 4.78 is 2.23. The molecule has 0 amide bonds. The molecule has 2 rings (SSSR count). The van der Waals surface area contributed by atoms with Crippen LogP contribution in [0.3, 0.4) is 0 Å². The predicted molar refractivity (Wildman–Crippen MR) is 76.2 cm³/mol. The van der Waals surface area contributed by atoms with Crippen LogP contribution in [0.2, 0.25) is 10.2 Å². The van der Waals surface area contributed by atoms with Gasteiger partial charge in [0.15, 0.2) is 5.15 Å². The van der Waals surface area contributed by atoms with Crippen LogP contribution in [0, 0.1) is 0 Å². The second kappa shape index (κ2) is 5.30. The van der Waals surface area contributed by atoms with Crippen molar-refractivity contribution in [2.75, 3.05) is 5.73 Å². The molecule has 0 bridgehead atoms. The third-order valence-corrected chi connectivity index (χ3v) is 3.53. The van der Waals surface area contributed by atoms with E-state index in [4.69, 9.17) is 28.9 Å². The van der Waals surface area contributed by atoms with Gasteiger partial charge >= 0.3 is 0 Å². The van der Waals surface area contributed by atoms with E-state index < -0.39 is 0 Å². The summed E-state index contributed by atoms with van der Waals surface area (Å²) in [5.41, 5.74) is 5.88. The molecule has 0 aliphatic rings. The van der Waals surface area contributed by atoms with Crippen molar-refractivity contribution in [1.82, 2.24) is 9.55 Å². The number of halogens is 3. The molecule has 2 aromatic rings. The van der Waals surface area contributed by atoms with Crippen LogP contribution < -0.4 is 11.3 Å².